The lowest BCUT2D eigenvalue weighted by atomic mass is 10.0. The third kappa shape index (κ3) is 4.31. The van der Waals surface area contributed by atoms with Gasteiger partial charge in [-0.2, -0.15) is 0 Å². The molecule has 2 aromatic heterocycles. The number of carbonyl (C=O) groups is 1. The molecule has 1 atom stereocenters. The lowest BCUT2D eigenvalue weighted by Crippen LogP contribution is -2.33. The van der Waals surface area contributed by atoms with E-state index in [0.29, 0.717) is 12.3 Å². The van der Waals surface area contributed by atoms with Gasteiger partial charge in [-0.3, -0.25) is 9.69 Å². The molecule has 0 radical (unpaired) electrons. The maximum absolute atomic E-state index is 12.3. The van der Waals surface area contributed by atoms with Crippen LogP contribution in [0.25, 0.3) is 0 Å². The summed E-state index contributed by atoms with van der Waals surface area (Å²) >= 11 is 0. The molecule has 1 saturated carbocycles. The zero-order valence-electron chi connectivity index (χ0n) is 14.8. The molecule has 25 heavy (non-hydrogen) atoms. The van der Waals surface area contributed by atoms with E-state index < -0.39 is 0 Å². The summed E-state index contributed by atoms with van der Waals surface area (Å²) in [7, 11) is 0. The highest BCUT2D eigenvalue weighted by atomic mass is 16.5. The molecule has 1 amide bonds. The number of nitrogens with zero attached hydrogens (tertiary/aromatic N) is 3. The molecule has 0 bridgehead atoms. The van der Waals surface area contributed by atoms with Gasteiger partial charge in [0.15, 0.2) is 0 Å². The number of carbonyl (C=O) groups excluding carboxylic acids is 1. The van der Waals surface area contributed by atoms with Crippen molar-refractivity contribution in [2.75, 3.05) is 13.1 Å². The van der Waals surface area contributed by atoms with E-state index in [9.17, 15) is 4.79 Å². The van der Waals surface area contributed by atoms with E-state index >= 15 is 0 Å². The minimum absolute atomic E-state index is 0.185. The monoisotopic (exact) mass is 342 g/mol. The van der Waals surface area contributed by atoms with Crippen molar-refractivity contribution in [3.05, 3.63) is 41.5 Å². The fourth-order valence-electron chi connectivity index (χ4n) is 3.65. The Hall–Kier alpha value is -2.08. The topological polar surface area (TPSA) is 63.3 Å². The van der Waals surface area contributed by atoms with Crippen LogP contribution in [0.3, 0.4) is 0 Å². The third-order valence-corrected chi connectivity index (χ3v) is 5.10. The molecule has 134 valence electrons. The fourth-order valence-corrected chi connectivity index (χ4v) is 3.65. The molecular formula is C19H26N4O2. The molecule has 1 N–H and O–H groups in total. The van der Waals surface area contributed by atoms with Crippen molar-refractivity contribution in [3.8, 4) is 0 Å². The van der Waals surface area contributed by atoms with Gasteiger partial charge in [0.25, 0.3) is 0 Å². The minimum atomic E-state index is 0.185. The van der Waals surface area contributed by atoms with E-state index in [4.69, 9.17) is 4.52 Å². The fraction of sp³-hybridized carbons (Fsp3) is 0.579. The van der Waals surface area contributed by atoms with Crippen LogP contribution in [0.2, 0.25) is 0 Å². The van der Waals surface area contributed by atoms with Crippen LogP contribution in [0, 0.1) is 18.8 Å². The minimum Gasteiger partial charge on any atom is -0.361 e. The summed E-state index contributed by atoms with van der Waals surface area (Å²) in [6.07, 6.45) is 5.23. The van der Waals surface area contributed by atoms with Crippen molar-refractivity contribution in [2.24, 2.45) is 11.8 Å². The van der Waals surface area contributed by atoms with Gasteiger partial charge >= 0.3 is 0 Å². The van der Waals surface area contributed by atoms with Gasteiger partial charge in [-0.05, 0) is 43.7 Å². The van der Waals surface area contributed by atoms with Crippen LogP contribution in [0.5, 0.6) is 0 Å². The predicted molar refractivity (Wildman–Crippen MR) is 93.6 cm³/mol. The number of fused-ring (bicyclic) bond motifs is 1. The molecule has 0 aromatic carbocycles. The Morgan fingerprint density at radius 3 is 3.00 bits per heavy atom. The molecule has 6 heteroatoms. The molecule has 1 aliphatic carbocycles. The highest BCUT2D eigenvalue weighted by Crippen LogP contribution is 2.27. The Morgan fingerprint density at radius 1 is 1.36 bits per heavy atom. The van der Waals surface area contributed by atoms with Crippen LogP contribution in [0.4, 0.5) is 0 Å². The van der Waals surface area contributed by atoms with Crippen LogP contribution in [-0.2, 0) is 24.4 Å². The summed E-state index contributed by atoms with van der Waals surface area (Å²) in [6, 6.07) is 6.24. The summed E-state index contributed by atoms with van der Waals surface area (Å²) in [4.78, 5) is 14.7. The van der Waals surface area contributed by atoms with Crippen molar-refractivity contribution in [1.82, 2.24) is 19.9 Å². The first kappa shape index (κ1) is 16.4. The summed E-state index contributed by atoms with van der Waals surface area (Å²) in [5.41, 5.74) is 2.25. The SMILES string of the molecule is Cc1cc(CN2Cc3cccn3C[C@@H](CC(=O)NCC3CC3)C2)no1. The van der Waals surface area contributed by atoms with Gasteiger partial charge in [-0.25, -0.2) is 0 Å². The number of aryl methyl sites for hydroxylation is 1. The maximum atomic E-state index is 12.3. The normalized spacial score (nSPS) is 20.9. The van der Waals surface area contributed by atoms with Gasteiger partial charge in [0.2, 0.25) is 5.91 Å². The van der Waals surface area contributed by atoms with Gasteiger partial charge in [0.05, 0.1) is 5.69 Å². The van der Waals surface area contributed by atoms with E-state index in [0.717, 1.165) is 50.1 Å². The summed E-state index contributed by atoms with van der Waals surface area (Å²) < 4.78 is 7.48. The van der Waals surface area contributed by atoms with Crippen molar-refractivity contribution in [2.45, 2.75) is 45.8 Å². The quantitative estimate of drug-likeness (QED) is 0.875. The second-order valence-electron chi connectivity index (χ2n) is 7.57. The van der Waals surface area contributed by atoms with Crippen LogP contribution in [0.15, 0.2) is 28.9 Å². The molecule has 2 aromatic rings. The molecule has 3 heterocycles. The number of rotatable bonds is 6. The largest absolute Gasteiger partial charge is 0.361 e. The molecule has 0 spiro atoms. The summed E-state index contributed by atoms with van der Waals surface area (Å²) in [5.74, 6) is 2.05. The summed E-state index contributed by atoms with van der Waals surface area (Å²) in [6.45, 7) is 6.18. The van der Waals surface area contributed by atoms with Crippen molar-refractivity contribution >= 4 is 5.91 Å². The van der Waals surface area contributed by atoms with Gasteiger partial charge < -0.3 is 14.4 Å². The van der Waals surface area contributed by atoms with Gasteiger partial charge in [-0.1, -0.05) is 5.16 Å². The smallest absolute Gasteiger partial charge is 0.220 e. The van der Waals surface area contributed by atoms with Gasteiger partial charge in [0.1, 0.15) is 5.76 Å². The van der Waals surface area contributed by atoms with Gasteiger partial charge in [0, 0.05) is 57.1 Å². The number of hydrogen-bond donors (Lipinski definition) is 1. The molecule has 1 aliphatic heterocycles. The maximum Gasteiger partial charge on any atom is 0.220 e. The molecule has 1 fully saturated rings. The van der Waals surface area contributed by atoms with E-state index in [-0.39, 0.29) is 5.91 Å². The second-order valence-corrected chi connectivity index (χ2v) is 7.57. The highest BCUT2D eigenvalue weighted by molar-refractivity contribution is 5.76. The zero-order valence-corrected chi connectivity index (χ0v) is 14.8. The van der Waals surface area contributed by atoms with E-state index in [1.165, 1.54) is 18.5 Å². The van der Waals surface area contributed by atoms with E-state index in [1.807, 2.05) is 13.0 Å². The predicted octanol–water partition coefficient (Wildman–Crippen LogP) is 2.33. The number of aromatic nitrogens is 2. The molecule has 6 nitrogen and oxygen atoms in total. The second kappa shape index (κ2) is 7.04. The van der Waals surface area contributed by atoms with E-state index in [2.05, 4.69) is 38.3 Å². The van der Waals surface area contributed by atoms with Crippen molar-refractivity contribution in [1.29, 1.82) is 0 Å². The summed E-state index contributed by atoms with van der Waals surface area (Å²) in [5, 5.41) is 7.23. The van der Waals surface area contributed by atoms with Crippen LogP contribution in [0.1, 0.15) is 36.4 Å². The van der Waals surface area contributed by atoms with Crippen LogP contribution in [-0.4, -0.2) is 33.6 Å². The first-order valence-electron chi connectivity index (χ1n) is 9.21. The van der Waals surface area contributed by atoms with Crippen LogP contribution < -0.4 is 5.32 Å². The Balaban J connectivity index is 1.41. The average molecular weight is 342 g/mol. The Morgan fingerprint density at radius 2 is 2.24 bits per heavy atom. The number of amides is 1. The molecule has 4 rings (SSSR count). The van der Waals surface area contributed by atoms with Gasteiger partial charge in [-0.15, -0.1) is 0 Å². The Kier molecular flexibility index (Phi) is 4.61. The first-order valence-corrected chi connectivity index (χ1v) is 9.21. The average Bonchev–Trinajstić information content (AvgIpc) is 3.22. The first-order chi connectivity index (χ1) is 12.2. The van der Waals surface area contributed by atoms with E-state index in [1.54, 1.807) is 0 Å². The number of nitrogens with one attached hydrogen (secondary N) is 1. The molecule has 0 saturated heterocycles. The zero-order chi connectivity index (χ0) is 17.2. The lowest BCUT2D eigenvalue weighted by Gasteiger charge is -2.22. The van der Waals surface area contributed by atoms with Crippen LogP contribution >= 0.6 is 0 Å². The molecule has 0 unspecified atom stereocenters. The molecular weight excluding hydrogens is 316 g/mol. The Bertz CT molecular complexity index is 731. The highest BCUT2D eigenvalue weighted by Gasteiger charge is 2.26. The lowest BCUT2D eigenvalue weighted by molar-refractivity contribution is -0.122. The third-order valence-electron chi connectivity index (χ3n) is 5.10. The number of hydrogen-bond acceptors (Lipinski definition) is 4. The standard InChI is InChI=1S/C19H26N4O2/c1-14-7-17(21-25-14)12-22-10-16(8-19(24)20-9-15-4-5-15)11-23-6-2-3-18(23)13-22/h2-3,6-7,15-16H,4-5,8-13H2,1H3,(H,20,24)/t16-/m0/s1. The van der Waals surface area contributed by atoms with Crippen molar-refractivity contribution < 1.29 is 9.32 Å². The Labute approximate surface area is 148 Å². The molecule has 2 aliphatic rings. The van der Waals surface area contributed by atoms with Crippen molar-refractivity contribution in [3.63, 3.8) is 0 Å².